The number of aromatic carboxylic acids is 1. The third-order valence-corrected chi connectivity index (χ3v) is 1.48. The van der Waals surface area contributed by atoms with Gasteiger partial charge in [-0.1, -0.05) is 31.4 Å². The van der Waals surface area contributed by atoms with Gasteiger partial charge in [0.1, 0.15) is 0 Å². The van der Waals surface area contributed by atoms with E-state index < -0.39 is 5.97 Å². The number of carbonyl (C=O) groups is 1. The van der Waals surface area contributed by atoms with E-state index in [4.69, 9.17) is 9.52 Å². The summed E-state index contributed by atoms with van der Waals surface area (Å²) in [6.45, 7) is 7.05. The molecule has 0 atom stereocenters. The summed E-state index contributed by atoms with van der Waals surface area (Å²) in [6.07, 6.45) is 5.84. The minimum absolute atomic E-state index is 0.197. The Kier molecular flexibility index (Phi) is 3.01. The predicted molar refractivity (Wildman–Crippen MR) is 51.8 cm³/mol. The molecule has 4 heteroatoms. The second-order valence-electron chi connectivity index (χ2n) is 2.40. The highest BCUT2D eigenvalue weighted by atomic mass is 16.4. The van der Waals surface area contributed by atoms with Crippen molar-refractivity contribution in [1.29, 1.82) is 0 Å². The van der Waals surface area contributed by atoms with E-state index in [9.17, 15) is 4.79 Å². The van der Waals surface area contributed by atoms with Crippen LogP contribution in [0.2, 0.25) is 0 Å². The van der Waals surface area contributed by atoms with Gasteiger partial charge in [0, 0.05) is 5.57 Å². The quantitative estimate of drug-likeness (QED) is 0.740. The molecule has 1 aromatic rings. The second kappa shape index (κ2) is 4.23. The minimum Gasteiger partial charge on any atom is -0.475 e. The topological polar surface area (TPSA) is 63.3 Å². The maximum absolute atomic E-state index is 10.5. The summed E-state index contributed by atoms with van der Waals surface area (Å²) in [5.74, 6) is -1.13. The van der Waals surface area contributed by atoms with E-state index in [-0.39, 0.29) is 11.7 Å². The molecule has 0 amide bonds. The van der Waals surface area contributed by atoms with Gasteiger partial charge in [-0.05, 0) is 0 Å². The Morgan fingerprint density at radius 1 is 1.57 bits per heavy atom. The van der Waals surface area contributed by atoms with E-state index in [2.05, 4.69) is 18.1 Å². The lowest BCUT2D eigenvalue weighted by Gasteiger charge is -1.92. The van der Waals surface area contributed by atoms with Crippen molar-refractivity contribution in [3.63, 3.8) is 0 Å². The lowest BCUT2D eigenvalue weighted by Crippen LogP contribution is -1.91. The number of hydrogen-bond acceptors (Lipinski definition) is 3. The number of carboxylic acids is 1. The van der Waals surface area contributed by atoms with Gasteiger partial charge in [-0.3, -0.25) is 0 Å². The molecule has 1 rings (SSSR count). The van der Waals surface area contributed by atoms with Crippen molar-refractivity contribution in [1.82, 2.24) is 4.98 Å². The molecule has 0 unspecified atom stereocenters. The molecule has 0 saturated heterocycles. The number of oxazole rings is 1. The van der Waals surface area contributed by atoms with Gasteiger partial charge in [-0.2, -0.15) is 0 Å². The normalized spacial score (nSPS) is 11.0. The highest BCUT2D eigenvalue weighted by Crippen LogP contribution is 2.15. The smallest absolute Gasteiger partial charge is 0.373 e. The first-order chi connectivity index (χ1) is 6.69. The van der Waals surface area contributed by atoms with E-state index in [1.54, 1.807) is 12.2 Å². The van der Waals surface area contributed by atoms with Crippen molar-refractivity contribution in [3.8, 4) is 0 Å². The van der Waals surface area contributed by atoms with Crippen molar-refractivity contribution < 1.29 is 14.3 Å². The van der Waals surface area contributed by atoms with Crippen molar-refractivity contribution in [2.24, 2.45) is 0 Å². The molecule has 0 fully saturated rings. The van der Waals surface area contributed by atoms with Crippen LogP contribution in [0.25, 0.3) is 5.57 Å². The van der Waals surface area contributed by atoms with E-state index in [0.717, 1.165) is 6.20 Å². The van der Waals surface area contributed by atoms with Crippen molar-refractivity contribution in [3.05, 3.63) is 49.2 Å². The number of hydrogen-bond donors (Lipinski definition) is 1. The summed E-state index contributed by atoms with van der Waals surface area (Å²) in [7, 11) is 0. The van der Waals surface area contributed by atoms with Gasteiger partial charge in [-0.25, -0.2) is 9.78 Å². The summed E-state index contributed by atoms with van der Waals surface area (Å²) < 4.78 is 4.95. The van der Waals surface area contributed by atoms with Gasteiger partial charge in [0.2, 0.25) is 11.7 Å². The van der Waals surface area contributed by atoms with Crippen LogP contribution < -0.4 is 0 Å². The zero-order chi connectivity index (χ0) is 10.6. The second-order valence-corrected chi connectivity index (χ2v) is 2.40. The number of allylic oxidation sites excluding steroid dienone is 4. The summed E-state index contributed by atoms with van der Waals surface area (Å²) in [5.41, 5.74) is 0.590. The highest BCUT2D eigenvalue weighted by Gasteiger charge is 2.11. The van der Waals surface area contributed by atoms with E-state index >= 15 is 0 Å². The maximum atomic E-state index is 10.5. The van der Waals surface area contributed by atoms with Crippen molar-refractivity contribution >= 4 is 11.5 Å². The van der Waals surface area contributed by atoms with Crippen LogP contribution in [0.4, 0.5) is 0 Å². The molecule has 0 aliphatic heterocycles. The molecule has 0 spiro atoms. The Morgan fingerprint density at radius 3 is 2.71 bits per heavy atom. The first kappa shape index (κ1) is 9.98. The standard InChI is InChI=1S/C10H9NO3/c1-3-5-7(4-2)9-11-6-8(14-9)10(12)13/h3-6H,1-2H2,(H,12,13)/b7-5+. The van der Waals surface area contributed by atoms with Gasteiger partial charge in [0.15, 0.2) is 0 Å². The monoisotopic (exact) mass is 191 g/mol. The average Bonchev–Trinajstić information content (AvgIpc) is 2.63. The molecule has 0 radical (unpaired) electrons. The molecule has 0 aromatic carbocycles. The van der Waals surface area contributed by atoms with Crippen LogP contribution in [-0.4, -0.2) is 16.1 Å². The molecule has 0 saturated carbocycles. The predicted octanol–water partition coefficient (Wildman–Crippen LogP) is 2.13. The Hall–Kier alpha value is -2.10. The van der Waals surface area contributed by atoms with Crippen LogP contribution in [0, 0.1) is 0 Å². The molecule has 14 heavy (non-hydrogen) atoms. The van der Waals surface area contributed by atoms with Gasteiger partial charge in [0.25, 0.3) is 0 Å². The molecular weight excluding hydrogens is 182 g/mol. The lowest BCUT2D eigenvalue weighted by molar-refractivity contribution is 0.0662. The fourth-order valence-corrected chi connectivity index (χ4v) is 0.860. The highest BCUT2D eigenvalue weighted by molar-refractivity contribution is 5.84. The molecule has 4 nitrogen and oxygen atoms in total. The zero-order valence-corrected chi connectivity index (χ0v) is 7.43. The molecule has 0 bridgehead atoms. The average molecular weight is 191 g/mol. The summed E-state index contributed by atoms with van der Waals surface area (Å²) >= 11 is 0. The molecule has 72 valence electrons. The Labute approximate surface area is 80.9 Å². The van der Waals surface area contributed by atoms with Crippen LogP contribution in [0.5, 0.6) is 0 Å². The third-order valence-electron chi connectivity index (χ3n) is 1.48. The van der Waals surface area contributed by atoms with Crippen LogP contribution in [0.1, 0.15) is 16.4 Å². The molecule has 1 N–H and O–H groups in total. The molecule has 0 aliphatic carbocycles. The molecular formula is C10H9NO3. The van der Waals surface area contributed by atoms with Gasteiger partial charge >= 0.3 is 5.97 Å². The van der Waals surface area contributed by atoms with Gasteiger partial charge in [0.05, 0.1) is 6.20 Å². The van der Waals surface area contributed by atoms with Crippen LogP contribution in [0.3, 0.4) is 0 Å². The summed E-state index contributed by atoms with van der Waals surface area (Å²) in [4.78, 5) is 14.3. The van der Waals surface area contributed by atoms with Crippen LogP contribution >= 0.6 is 0 Å². The zero-order valence-electron chi connectivity index (χ0n) is 7.43. The van der Waals surface area contributed by atoms with Crippen LogP contribution in [0.15, 0.2) is 42.0 Å². The van der Waals surface area contributed by atoms with Crippen LogP contribution in [-0.2, 0) is 0 Å². The van der Waals surface area contributed by atoms with E-state index in [1.807, 2.05) is 0 Å². The maximum Gasteiger partial charge on any atom is 0.373 e. The first-order valence-corrected chi connectivity index (χ1v) is 3.83. The molecule has 0 aliphatic rings. The van der Waals surface area contributed by atoms with E-state index in [1.165, 1.54) is 6.08 Å². The van der Waals surface area contributed by atoms with Gasteiger partial charge < -0.3 is 9.52 Å². The minimum atomic E-state index is -1.15. The Balaban J connectivity index is 3.06. The lowest BCUT2D eigenvalue weighted by atomic mass is 10.2. The van der Waals surface area contributed by atoms with Crippen molar-refractivity contribution in [2.45, 2.75) is 0 Å². The number of carboxylic acid groups (broad SMARTS) is 1. The number of aromatic nitrogens is 1. The van der Waals surface area contributed by atoms with Crippen molar-refractivity contribution in [2.75, 3.05) is 0 Å². The largest absolute Gasteiger partial charge is 0.475 e. The Bertz CT molecular complexity index is 401. The molecule has 1 heterocycles. The molecule has 1 aromatic heterocycles. The fraction of sp³-hybridized carbons (Fsp3) is 0. The van der Waals surface area contributed by atoms with E-state index in [0.29, 0.717) is 5.57 Å². The Morgan fingerprint density at radius 2 is 2.29 bits per heavy atom. The summed E-state index contributed by atoms with van der Waals surface area (Å²) in [6, 6.07) is 0. The first-order valence-electron chi connectivity index (χ1n) is 3.83. The SMILES string of the molecule is C=C/C=C(\C=C)c1ncc(C(=O)O)o1. The third kappa shape index (κ3) is 1.98. The fourth-order valence-electron chi connectivity index (χ4n) is 0.860. The number of rotatable bonds is 4. The van der Waals surface area contributed by atoms with Gasteiger partial charge in [-0.15, -0.1) is 0 Å². The summed E-state index contributed by atoms with van der Waals surface area (Å²) in [5, 5.41) is 8.58. The number of nitrogens with zero attached hydrogens (tertiary/aromatic N) is 1.